The van der Waals surface area contributed by atoms with E-state index in [0.717, 1.165) is 24.0 Å². The van der Waals surface area contributed by atoms with E-state index in [1.54, 1.807) is 18.3 Å². The molecule has 0 aliphatic carbocycles. The van der Waals surface area contributed by atoms with E-state index in [1.165, 1.54) is 0 Å². The van der Waals surface area contributed by atoms with E-state index in [4.69, 9.17) is 9.57 Å². The van der Waals surface area contributed by atoms with Crippen LogP contribution < -0.4 is 4.74 Å². The molecular weight excluding hydrogens is 318 g/mol. The standard InChI is InChI=1S/C20H23NO4/c1-2-3-13-24-21-15-17-9-11-18(12-10-17)25-19(20(22)23)14-16-7-5-4-6-8-16/h4-12,15,19H,2-3,13-14H2,1H3,(H,22,23)/b21-15+. The molecule has 0 aliphatic rings. The molecule has 2 aromatic rings. The van der Waals surface area contributed by atoms with Crippen LogP contribution in [0.15, 0.2) is 59.8 Å². The molecule has 1 N–H and O–H groups in total. The molecule has 5 nitrogen and oxygen atoms in total. The quantitative estimate of drug-likeness (QED) is 0.404. The van der Waals surface area contributed by atoms with Crippen molar-refractivity contribution in [1.29, 1.82) is 0 Å². The number of hydrogen-bond donors (Lipinski definition) is 1. The van der Waals surface area contributed by atoms with Crippen molar-refractivity contribution >= 4 is 12.2 Å². The van der Waals surface area contributed by atoms with Gasteiger partial charge in [0.05, 0.1) is 6.21 Å². The van der Waals surface area contributed by atoms with E-state index in [0.29, 0.717) is 18.8 Å². The van der Waals surface area contributed by atoms with Gasteiger partial charge in [-0.1, -0.05) is 48.8 Å². The van der Waals surface area contributed by atoms with Gasteiger partial charge in [-0.3, -0.25) is 0 Å². The molecule has 0 saturated heterocycles. The zero-order chi connectivity index (χ0) is 17.9. The largest absolute Gasteiger partial charge is 0.478 e. The van der Waals surface area contributed by atoms with Crippen molar-refractivity contribution in [2.75, 3.05) is 6.61 Å². The maximum atomic E-state index is 11.4. The van der Waals surface area contributed by atoms with Crippen molar-refractivity contribution in [3.8, 4) is 5.75 Å². The molecule has 1 unspecified atom stereocenters. The molecule has 0 spiro atoms. The number of ether oxygens (including phenoxy) is 1. The highest BCUT2D eigenvalue weighted by Crippen LogP contribution is 2.16. The van der Waals surface area contributed by atoms with E-state index >= 15 is 0 Å². The monoisotopic (exact) mass is 341 g/mol. The minimum Gasteiger partial charge on any atom is -0.478 e. The fourth-order valence-electron chi connectivity index (χ4n) is 2.16. The number of carboxylic acid groups (broad SMARTS) is 1. The Kier molecular flexibility index (Phi) is 7.50. The Labute approximate surface area is 147 Å². The summed E-state index contributed by atoms with van der Waals surface area (Å²) in [6.45, 7) is 2.70. The maximum absolute atomic E-state index is 11.4. The molecule has 0 radical (unpaired) electrons. The number of nitrogens with zero attached hydrogens (tertiary/aromatic N) is 1. The van der Waals surface area contributed by atoms with Gasteiger partial charge in [0.1, 0.15) is 12.4 Å². The molecule has 0 bridgehead atoms. The minimum absolute atomic E-state index is 0.310. The highest BCUT2D eigenvalue weighted by atomic mass is 16.6. The Morgan fingerprint density at radius 3 is 2.52 bits per heavy atom. The third-order valence-electron chi connectivity index (χ3n) is 3.56. The molecule has 5 heteroatoms. The van der Waals surface area contributed by atoms with E-state index in [-0.39, 0.29) is 0 Å². The van der Waals surface area contributed by atoms with Gasteiger partial charge in [-0.15, -0.1) is 0 Å². The number of hydrogen-bond acceptors (Lipinski definition) is 4. The van der Waals surface area contributed by atoms with Crippen molar-refractivity contribution in [1.82, 2.24) is 0 Å². The van der Waals surface area contributed by atoms with Crippen LogP contribution in [0.25, 0.3) is 0 Å². The van der Waals surface area contributed by atoms with Crippen molar-refractivity contribution < 1.29 is 19.5 Å². The molecule has 0 amide bonds. The number of unbranched alkanes of at least 4 members (excludes halogenated alkanes) is 1. The summed E-state index contributed by atoms with van der Waals surface area (Å²) in [5.74, 6) is -0.480. The zero-order valence-corrected chi connectivity index (χ0v) is 14.3. The predicted octanol–water partition coefficient (Wildman–Crippen LogP) is 3.91. The predicted molar refractivity (Wildman–Crippen MR) is 97.1 cm³/mol. The van der Waals surface area contributed by atoms with E-state index < -0.39 is 12.1 Å². The third kappa shape index (κ3) is 6.67. The number of oxime groups is 1. The summed E-state index contributed by atoms with van der Waals surface area (Å²) < 4.78 is 5.62. The van der Waals surface area contributed by atoms with Gasteiger partial charge >= 0.3 is 5.97 Å². The lowest BCUT2D eigenvalue weighted by Gasteiger charge is -2.15. The molecule has 0 fully saturated rings. The second-order valence-electron chi connectivity index (χ2n) is 5.62. The SMILES string of the molecule is CCCCO/N=C/c1ccc(OC(Cc2ccccc2)C(=O)O)cc1. The second kappa shape index (κ2) is 10.1. The Morgan fingerprint density at radius 1 is 1.16 bits per heavy atom. The van der Waals surface area contributed by atoms with E-state index in [2.05, 4.69) is 12.1 Å². The van der Waals surface area contributed by atoms with Crippen LogP contribution >= 0.6 is 0 Å². The molecule has 0 aromatic heterocycles. The third-order valence-corrected chi connectivity index (χ3v) is 3.56. The lowest BCUT2D eigenvalue weighted by molar-refractivity contribution is -0.145. The summed E-state index contributed by atoms with van der Waals surface area (Å²) in [6.07, 6.45) is 3.04. The first-order valence-corrected chi connectivity index (χ1v) is 8.38. The fourth-order valence-corrected chi connectivity index (χ4v) is 2.16. The normalized spacial score (nSPS) is 12.0. The Morgan fingerprint density at radius 2 is 1.88 bits per heavy atom. The van der Waals surface area contributed by atoms with Gasteiger partial charge in [0.2, 0.25) is 0 Å². The summed E-state index contributed by atoms with van der Waals surface area (Å²) >= 11 is 0. The molecular formula is C20H23NO4. The van der Waals surface area contributed by atoms with Gasteiger partial charge in [-0.25, -0.2) is 4.79 Å². The lowest BCUT2D eigenvalue weighted by atomic mass is 10.1. The van der Waals surface area contributed by atoms with Gasteiger partial charge in [0.15, 0.2) is 6.10 Å². The average molecular weight is 341 g/mol. The van der Waals surface area contributed by atoms with Crippen LogP contribution in [0.1, 0.15) is 30.9 Å². The fraction of sp³-hybridized carbons (Fsp3) is 0.300. The van der Waals surface area contributed by atoms with Crippen LogP contribution in [-0.2, 0) is 16.1 Å². The van der Waals surface area contributed by atoms with Crippen molar-refractivity contribution in [3.63, 3.8) is 0 Å². The van der Waals surface area contributed by atoms with Gasteiger partial charge in [-0.2, -0.15) is 0 Å². The van der Waals surface area contributed by atoms with Crippen LogP contribution in [0, 0.1) is 0 Å². The summed E-state index contributed by atoms with van der Waals surface area (Å²) in [6, 6.07) is 16.5. The molecule has 0 aliphatic heterocycles. The molecule has 0 saturated carbocycles. The van der Waals surface area contributed by atoms with Crippen LogP contribution in [0.2, 0.25) is 0 Å². The van der Waals surface area contributed by atoms with Crippen molar-refractivity contribution in [2.24, 2.45) is 5.16 Å². The Balaban J connectivity index is 1.92. The smallest absolute Gasteiger partial charge is 0.345 e. The van der Waals surface area contributed by atoms with E-state index in [1.807, 2.05) is 42.5 Å². The molecule has 25 heavy (non-hydrogen) atoms. The Bertz CT molecular complexity index is 668. The number of rotatable bonds is 10. The van der Waals surface area contributed by atoms with Crippen LogP contribution in [0.5, 0.6) is 5.75 Å². The minimum atomic E-state index is -0.987. The molecule has 2 rings (SSSR count). The lowest BCUT2D eigenvalue weighted by Crippen LogP contribution is -2.29. The van der Waals surface area contributed by atoms with Crippen molar-refractivity contribution in [3.05, 3.63) is 65.7 Å². The highest BCUT2D eigenvalue weighted by Gasteiger charge is 2.19. The number of benzene rings is 2. The number of carboxylic acids is 1. The first-order chi connectivity index (χ1) is 12.2. The number of carbonyl (C=O) groups is 1. The molecule has 1 atom stereocenters. The van der Waals surface area contributed by atoms with Gasteiger partial charge in [0.25, 0.3) is 0 Å². The first-order valence-electron chi connectivity index (χ1n) is 8.38. The van der Waals surface area contributed by atoms with Crippen molar-refractivity contribution in [2.45, 2.75) is 32.3 Å². The molecule has 0 heterocycles. The second-order valence-corrected chi connectivity index (χ2v) is 5.62. The van der Waals surface area contributed by atoms with Crippen LogP contribution in [-0.4, -0.2) is 30.0 Å². The summed E-state index contributed by atoms with van der Waals surface area (Å²) in [7, 11) is 0. The topological polar surface area (TPSA) is 68.1 Å². The van der Waals surface area contributed by atoms with Crippen LogP contribution in [0.3, 0.4) is 0 Å². The summed E-state index contributed by atoms with van der Waals surface area (Å²) in [5.41, 5.74) is 1.78. The first kappa shape index (κ1) is 18.5. The summed E-state index contributed by atoms with van der Waals surface area (Å²) in [5, 5.41) is 13.3. The van der Waals surface area contributed by atoms with Gasteiger partial charge in [0, 0.05) is 6.42 Å². The van der Waals surface area contributed by atoms with Gasteiger partial charge in [-0.05, 0) is 41.8 Å². The molecule has 132 valence electrons. The van der Waals surface area contributed by atoms with Gasteiger partial charge < -0.3 is 14.7 Å². The summed E-state index contributed by atoms with van der Waals surface area (Å²) in [4.78, 5) is 16.6. The highest BCUT2D eigenvalue weighted by molar-refractivity contribution is 5.79. The zero-order valence-electron chi connectivity index (χ0n) is 14.3. The Hall–Kier alpha value is -2.82. The maximum Gasteiger partial charge on any atom is 0.345 e. The van der Waals surface area contributed by atoms with E-state index in [9.17, 15) is 9.90 Å². The average Bonchev–Trinajstić information content (AvgIpc) is 2.63. The van der Waals surface area contributed by atoms with Crippen LogP contribution in [0.4, 0.5) is 0 Å². The molecule has 2 aromatic carbocycles. The number of aliphatic carboxylic acids is 1.